The van der Waals surface area contributed by atoms with Crippen LogP contribution in [0, 0.1) is 12.7 Å². The van der Waals surface area contributed by atoms with Gasteiger partial charge in [0.1, 0.15) is 10.2 Å². The zero-order valence-corrected chi connectivity index (χ0v) is 13.1. The SMILES string of the molecule is CNC(c1cc(Br)c(Cl)s1)c1cc(F)ccc1C. The fraction of sp³-hybridized carbons (Fsp3) is 0.231. The summed E-state index contributed by atoms with van der Waals surface area (Å²) in [6.45, 7) is 1.98. The number of benzene rings is 1. The highest BCUT2D eigenvalue weighted by Crippen LogP contribution is 2.38. The summed E-state index contributed by atoms with van der Waals surface area (Å²) >= 11 is 10.9. The summed E-state index contributed by atoms with van der Waals surface area (Å²) in [5, 5.41) is 3.21. The van der Waals surface area contributed by atoms with Gasteiger partial charge in [-0.25, -0.2) is 4.39 Å². The second-order valence-electron chi connectivity index (χ2n) is 3.99. The lowest BCUT2D eigenvalue weighted by molar-refractivity contribution is 0.616. The lowest BCUT2D eigenvalue weighted by Crippen LogP contribution is -2.17. The minimum Gasteiger partial charge on any atom is -0.309 e. The lowest BCUT2D eigenvalue weighted by Gasteiger charge is -2.17. The second kappa shape index (κ2) is 5.70. The van der Waals surface area contributed by atoms with Crippen LogP contribution >= 0.6 is 38.9 Å². The number of rotatable bonds is 3. The number of thiophene rings is 1. The van der Waals surface area contributed by atoms with Crippen LogP contribution in [0.5, 0.6) is 0 Å². The van der Waals surface area contributed by atoms with Crippen molar-refractivity contribution in [2.75, 3.05) is 7.05 Å². The van der Waals surface area contributed by atoms with Crippen molar-refractivity contribution in [2.45, 2.75) is 13.0 Å². The fourth-order valence-electron chi connectivity index (χ4n) is 1.88. The Kier molecular flexibility index (Phi) is 4.43. The van der Waals surface area contributed by atoms with Gasteiger partial charge < -0.3 is 5.32 Å². The van der Waals surface area contributed by atoms with E-state index in [1.807, 2.05) is 20.0 Å². The van der Waals surface area contributed by atoms with E-state index in [4.69, 9.17) is 11.6 Å². The molecule has 1 aromatic carbocycles. The van der Waals surface area contributed by atoms with Crippen LogP contribution in [0.3, 0.4) is 0 Å². The highest BCUT2D eigenvalue weighted by Gasteiger charge is 2.18. The summed E-state index contributed by atoms with van der Waals surface area (Å²) < 4.78 is 15.0. The van der Waals surface area contributed by atoms with Gasteiger partial charge >= 0.3 is 0 Å². The highest BCUT2D eigenvalue weighted by molar-refractivity contribution is 9.10. The molecule has 1 aromatic heterocycles. The molecule has 0 aliphatic carbocycles. The van der Waals surface area contributed by atoms with Gasteiger partial charge in [-0.3, -0.25) is 0 Å². The Bertz CT molecular complexity index is 551. The summed E-state index contributed by atoms with van der Waals surface area (Å²) in [5.74, 6) is -0.224. The molecule has 0 radical (unpaired) electrons. The van der Waals surface area contributed by atoms with Crippen molar-refractivity contribution in [3.05, 3.63) is 54.9 Å². The summed E-state index contributed by atoms with van der Waals surface area (Å²) in [7, 11) is 1.86. The third-order valence-corrected chi connectivity index (χ3v) is 5.33. The molecule has 0 aliphatic heterocycles. The maximum Gasteiger partial charge on any atom is 0.123 e. The fourth-order valence-corrected chi connectivity index (χ4v) is 3.74. The van der Waals surface area contributed by atoms with Crippen LogP contribution in [0.2, 0.25) is 4.34 Å². The van der Waals surface area contributed by atoms with Gasteiger partial charge in [-0.2, -0.15) is 0 Å². The van der Waals surface area contributed by atoms with Gasteiger partial charge in [-0.15, -0.1) is 11.3 Å². The van der Waals surface area contributed by atoms with Crippen molar-refractivity contribution in [3.63, 3.8) is 0 Å². The van der Waals surface area contributed by atoms with Crippen molar-refractivity contribution in [1.82, 2.24) is 5.32 Å². The predicted octanol–water partition coefficient (Wildman–Crippen LogP) is 4.92. The van der Waals surface area contributed by atoms with Crippen molar-refractivity contribution in [1.29, 1.82) is 0 Å². The summed E-state index contributed by atoms with van der Waals surface area (Å²) in [5.41, 5.74) is 1.99. The molecule has 0 fully saturated rings. The third-order valence-electron chi connectivity index (χ3n) is 2.79. The molecule has 0 aliphatic rings. The Morgan fingerprint density at radius 2 is 2.11 bits per heavy atom. The van der Waals surface area contributed by atoms with E-state index >= 15 is 0 Å². The molecule has 2 rings (SSSR count). The average molecular weight is 349 g/mol. The lowest BCUT2D eigenvalue weighted by atomic mass is 10.00. The second-order valence-corrected chi connectivity index (χ2v) is 6.53. The van der Waals surface area contributed by atoms with Crippen molar-refractivity contribution < 1.29 is 4.39 Å². The first-order valence-corrected chi connectivity index (χ1v) is 7.39. The number of hydrogen-bond donors (Lipinski definition) is 1. The van der Waals surface area contributed by atoms with Gasteiger partial charge in [0.15, 0.2) is 0 Å². The van der Waals surface area contributed by atoms with Gasteiger partial charge in [0.2, 0.25) is 0 Å². The standard InChI is InChI=1S/C13H12BrClFNS/c1-7-3-4-8(16)5-9(7)12(17-2)11-6-10(14)13(15)18-11/h3-6,12,17H,1-2H3. The summed E-state index contributed by atoms with van der Waals surface area (Å²) in [4.78, 5) is 1.06. The molecule has 5 heteroatoms. The number of halogens is 3. The van der Waals surface area contributed by atoms with Crippen molar-refractivity contribution >= 4 is 38.9 Å². The molecule has 0 bridgehead atoms. The minimum atomic E-state index is -0.224. The molecule has 1 unspecified atom stereocenters. The molecule has 0 spiro atoms. The first-order chi connectivity index (χ1) is 8.52. The van der Waals surface area contributed by atoms with Crippen LogP contribution in [0.4, 0.5) is 4.39 Å². The van der Waals surface area contributed by atoms with E-state index < -0.39 is 0 Å². The third kappa shape index (κ3) is 2.77. The molecule has 1 atom stereocenters. The van der Waals surface area contributed by atoms with Gasteiger partial charge in [-0.05, 0) is 59.2 Å². The van der Waals surface area contributed by atoms with E-state index in [1.54, 1.807) is 12.1 Å². The molecule has 2 aromatic rings. The van der Waals surface area contributed by atoms with Crippen LogP contribution in [0.1, 0.15) is 22.0 Å². The number of aryl methyl sites for hydroxylation is 1. The van der Waals surface area contributed by atoms with Gasteiger partial charge in [0, 0.05) is 9.35 Å². The normalized spacial score (nSPS) is 12.7. The zero-order chi connectivity index (χ0) is 13.3. The van der Waals surface area contributed by atoms with Gasteiger partial charge in [0.05, 0.1) is 6.04 Å². The van der Waals surface area contributed by atoms with Crippen molar-refractivity contribution in [3.8, 4) is 0 Å². The van der Waals surface area contributed by atoms with E-state index in [2.05, 4.69) is 21.2 Å². The topological polar surface area (TPSA) is 12.0 Å². The Morgan fingerprint density at radius 3 is 2.67 bits per heavy atom. The van der Waals surface area contributed by atoms with E-state index in [1.165, 1.54) is 17.4 Å². The minimum absolute atomic E-state index is 0.0468. The van der Waals surface area contributed by atoms with E-state index in [9.17, 15) is 4.39 Å². The van der Waals surface area contributed by atoms with Gasteiger partial charge in [0.25, 0.3) is 0 Å². The first-order valence-electron chi connectivity index (χ1n) is 5.41. The molecule has 0 amide bonds. The van der Waals surface area contributed by atoms with Gasteiger partial charge in [-0.1, -0.05) is 17.7 Å². The Labute approximate surface area is 123 Å². The van der Waals surface area contributed by atoms with Crippen LogP contribution in [-0.2, 0) is 0 Å². The van der Waals surface area contributed by atoms with Crippen molar-refractivity contribution in [2.24, 2.45) is 0 Å². The van der Waals surface area contributed by atoms with E-state index in [-0.39, 0.29) is 11.9 Å². The van der Waals surface area contributed by atoms with Crippen LogP contribution < -0.4 is 5.32 Å². The molecule has 0 saturated heterocycles. The Balaban J connectivity index is 2.48. The molecular formula is C13H12BrClFNS. The zero-order valence-electron chi connectivity index (χ0n) is 9.93. The monoisotopic (exact) mass is 347 g/mol. The summed E-state index contributed by atoms with van der Waals surface area (Å²) in [6, 6.07) is 6.76. The molecule has 18 heavy (non-hydrogen) atoms. The Morgan fingerprint density at radius 1 is 1.39 bits per heavy atom. The largest absolute Gasteiger partial charge is 0.309 e. The Hall–Kier alpha value is -0.420. The maximum absolute atomic E-state index is 13.4. The van der Waals surface area contributed by atoms with Crippen LogP contribution in [-0.4, -0.2) is 7.05 Å². The highest BCUT2D eigenvalue weighted by atomic mass is 79.9. The molecular weight excluding hydrogens is 337 g/mol. The predicted molar refractivity (Wildman–Crippen MR) is 79.1 cm³/mol. The van der Waals surface area contributed by atoms with Crippen LogP contribution in [0.15, 0.2) is 28.7 Å². The quantitative estimate of drug-likeness (QED) is 0.830. The molecule has 96 valence electrons. The van der Waals surface area contributed by atoms with E-state index in [0.29, 0.717) is 4.34 Å². The molecule has 1 heterocycles. The van der Waals surface area contributed by atoms with Crippen LogP contribution in [0.25, 0.3) is 0 Å². The maximum atomic E-state index is 13.4. The first kappa shape index (κ1) is 14.0. The summed E-state index contributed by atoms with van der Waals surface area (Å²) in [6.07, 6.45) is 0. The molecule has 0 saturated carbocycles. The molecule has 1 nitrogen and oxygen atoms in total. The smallest absolute Gasteiger partial charge is 0.123 e. The number of hydrogen-bond acceptors (Lipinski definition) is 2. The number of nitrogens with one attached hydrogen (secondary N) is 1. The van der Waals surface area contributed by atoms with E-state index in [0.717, 1.165) is 20.5 Å². The molecule has 1 N–H and O–H groups in total. The average Bonchev–Trinajstić information content (AvgIpc) is 2.65.